The molecule has 1 unspecified atom stereocenters. The van der Waals surface area contributed by atoms with Crippen molar-refractivity contribution in [2.75, 3.05) is 0 Å². The summed E-state index contributed by atoms with van der Waals surface area (Å²) in [4.78, 5) is 11.2. The van der Waals surface area contributed by atoms with E-state index in [0.717, 1.165) is 0 Å². The zero-order chi connectivity index (χ0) is 26.8. The van der Waals surface area contributed by atoms with Gasteiger partial charge >= 0.3 is 5.97 Å². The van der Waals surface area contributed by atoms with Crippen molar-refractivity contribution in [2.24, 2.45) is 5.92 Å². The Morgan fingerprint density at radius 3 is 1.97 bits per heavy atom. The molecule has 1 N–H and O–H groups in total. The van der Waals surface area contributed by atoms with Crippen molar-refractivity contribution in [1.29, 1.82) is 0 Å². The SMILES string of the molecule is C#CC[C@H](/C=C/C=C/C#C[C@H](CCC(C)C(=O)O)O[Si](C)(C)C(C)(C)C)O[Si](C)(C)C(C)(C)C. The molecular weight excluding hydrogens is 456 g/mol. The van der Waals surface area contributed by atoms with Crippen LogP contribution in [0.2, 0.25) is 36.3 Å². The summed E-state index contributed by atoms with van der Waals surface area (Å²) < 4.78 is 12.9. The molecule has 0 heterocycles. The Kier molecular flexibility index (Phi) is 12.9. The number of hydrogen-bond acceptors (Lipinski definition) is 3. The lowest BCUT2D eigenvalue weighted by Crippen LogP contribution is -2.43. The van der Waals surface area contributed by atoms with E-state index in [2.05, 4.69) is 85.5 Å². The smallest absolute Gasteiger partial charge is 0.306 e. The van der Waals surface area contributed by atoms with Crippen LogP contribution < -0.4 is 0 Å². The summed E-state index contributed by atoms with van der Waals surface area (Å²) in [6, 6.07) is 0. The van der Waals surface area contributed by atoms with E-state index in [1.807, 2.05) is 18.2 Å². The molecule has 0 aromatic carbocycles. The Bertz CT molecular complexity index is 809. The largest absolute Gasteiger partial charge is 0.481 e. The van der Waals surface area contributed by atoms with Crippen molar-refractivity contribution in [2.45, 2.75) is 116 Å². The first-order valence-corrected chi connectivity index (χ1v) is 18.0. The van der Waals surface area contributed by atoms with Gasteiger partial charge in [0.15, 0.2) is 16.6 Å². The maximum absolute atomic E-state index is 11.2. The van der Waals surface area contributed by atoms with Crippen LogP contribution in [0.15, 0.2) is 24.3 Å². The van der Waals surface area contributed by atoms with Crippen LogP contribution in [0.3, 0.4) is 0 Å². The number of carboxylic acids is 1. The number of hydrogen-bond donors (Lipinski definition) is 1. The van der Waals surface area contributed by atoms with Crippen molar-refractivity contribution in [3.63, 3.8) is 0 Å². The maximum Gasteiger partial charge on any atom is 0.306 e. The number of rotatable bonds is 11. The minimum atomic E-state index is -2.02. The van der Waals surface area contributed by atoms with E-state index in [9.17, 15) is 9.90 Å². The van der Waals surface area contributed by atoms with Gasteiger partial charge in [0.05, 0.1) is 12.0 Å². The molecule has 0 bridgehead atoms. The second-order valence-corrected chi connectivity index (χ2v) is 21.6. The molecule has 4 nitrogen and oxygen atoms in total. The van der Waals surface area contributed by atoms with E-state index in [1.165, 1.54) is 0 Å². The average molecular weight is 505 g/mol. The number of aliphatic carboxylic acids is 1. The highest BCUT2D eigenvalue weighted by molar-refractivity contribution is 6.74. The molecule has 0 spiro atoms. The van der Waals surface area contributed by atoms with Crippen LogP contribution in [-0.4, -0.2) is 39.9 Å². The standard InChI is InChI=1S/C28H48O4Si2/c1-13-18-24(31-33(9,10)27(3,4)5)19-16-14-15-17-20-25(22-21-23(2)26(29)30)32-34(11,12)28(6,7)8/h1,14-16,19,23-25H,18,21-22H2,2-12H3,(H,29,30)/b15-14+,19-16+/t23?,24-,25-/m1/s1. The minimum absolute atomic E-state index is 0.0557. The van der Waals surface area contributed by atoms with Crippen LogP contribution in [0.4, 0.5) is 0 Å². The lowest BCUT2D eigenvalue weighted by atomic mass is 10.0. The highest BCUT2D eigenvalue weighted by Gasteiger charge is 2.39. The zero-order valence-corrected chi connectivity index (χ0v) is 25.4. The van der Waals surface area contributed by atoms with Gasteiger partial charge in [-0.1, -0.05) is 78.5 Å². The molecule has 0 aromatic heterocycles. The molecule has 0 saturated carbocycles. The summed E-state index contributed by atoms with van der Waals surface area (Å²) in [7, 11) is -3.94. The highest BCUT2D eigenvalue weighted by Crippen LogP contribution is 2.38. The first kappa shape index (κ1) is 32.4. The molecule has 0 aliphatic rings. The molecule has 0 saturated heterocycles. The fraction of sp³-hybridized carbons (Fsp3) is 0.679. The van der Waals surface area contributed by atoms with Gasteiger partial charge in [0.2, 0.25) is 0 Å². The highest BCUT2D eigenvalue weighted by atomic mass is 28.4. The first-order valence-electron chi connectivity index (χ1n) is 12.2. The molecule has 0 radical (unpaired) electrons. The molecule has 0 aliphatic heterocycles. The summed E-state index contributed by atoms with van der Waals surface area (Å²) in [5.74, 6) is 7.80. The quantitative estimate of drug-likeness (QED) is 0.181. The fourth-order valence-electron chi connectivity index (χ4n) is 2.47. The average Bonchev–Trinajstić information content (AvgIpc) is 2.65. The fourth-order valence-corrected chi connectivity index (χ4v) is 4.98. The zero-order valence-electron chi connectivity index (χ0n) is 23.4. The maximum atomic E-state index is 11.2. The summed E-state index contributed by atoms with van der Waals surface area (Å²) in [5, 5.41) is 9.39. The Hall–Kier alpha value is -1.58. The summed E-state index contributed by atoms with van der Waals surface area (Å²) in [6.45, 7) is 23.7. The third kappa shape index (κ3) is 11.7. The van der Waals surface area contributed by atoms with E-state index in [1.54, 1.807) is 13.0 Å². The topological polar surface area (TPSA) is 55.8 Å². The summed E-state index contributed by atoms with van der Waals surface area (Å²) in [6.07, 6.45) is 14.4. The molecule has 3 atom stereocenters. The van der Waals surface area contributed by atoms with Gasteiger partial charge in [-0.05, 0) is 55.2 Å². The Morgan fingerprint density at radius 2 is 1.50 bits per heavy atom. The second-order valence-electron chi connectivity index (χ2n) is 12.0. The lowest BCUT2D eigenvalue weighted by molar-refractivity contribution is -0.141. The van der Waals surface area contributed by atoms with Crippen LogP contribution in [0.25, 0.3) is 0 Å². The molecule has 0 amide bonds. The number of allylic oxidation sites excluding steroid dienone is 3. The van der Waals surface area contributed by atoms with Crippen molar-refractivity contribution < 1.29 is 18.8 Å². The van der Waals surface area contributed by atoms with Gasteiger partial charge in [0.25, 0.3) is 0 Å². The predicted molar refractivity (Wildman–Crippen MR) is 150 cm³/mol. The molecule has 0 rings (SSSR count). The first-order chi connectivity index (χ1) is 15.3. The molecule has 0 aromatic rings. The molecule has 192 valence electrons. The van der Waals surface area contributed by atoms with E-state index < -0.39 is 28.5 Å². The number of carboxylic acid groups (broad SMARTS) is 1. The molecule has 0 aliphatic carbocycles. The Labute approximate surface area is 211 Å². The Balaban J connectivity index is 5.38. The third-order valence-corrected chi connectivity index (χ3v) is 15.9. The molecule has 0 fully saturated rings. The van der Waals surface area contributed by atoms with Crippen LogP contribution in [0.5, 0.6) is 0 Å². The number of carbonyl (C=O) groups is 1. The van der Waals surface area contributed by atoms with E-state index in [0.29, 0.717) is 19.3 Å². The van der Waals surface area contributed by atoms with E-state index in [4.69, 9.17) is 15.3 Å². The van der Waals surface area contributed by atoms with Gasteiger partial charge < -0.3 is 14.0 Å². The van der Waals surface area contributed by atoms with E-state index in [-0.39, 0.29) is 22.3 Å². The normalized spacial score (nSPS) is 16.1. The van der Waals surface area contributed by atoms with E-state index >= 15 is 0 Å². The predicted octanol–water partition coefficient (Wildman–Crippen LogP) is 7.41. The minimum Gasteiger partial charge on any atom is -0.481 e. The molecule has 6 heteroatoms. The Morgan fingerprint density at radius 1 is 0.971 bits per heavy atom. The second kappa shape index (κ2) is 13.5. The van der Waals surface area contributed by atoms with Crippen molar-refractivity contribution in [1.82, 2.24) is 0 Å². The lowest BCUT2D eigenvalue weighted by Gasteiger charge is -2.38. The van der Waals surface area contributed by atoms with Gasteiger partial charge in [0.1, 0.15) is 6.10 Å². The monoisotopic (exact) mass is 504 g/mol. The van der Waals surface area contributed by atoms with Gasteiger partial charge in [-0.25, -0.2) is 0 Å². The molecule has 34 heavy (non-hydrogen) atoms. The third-order valence-electron chi connectivity index (χ3n) is 6.96. The van der Waals surface area contributed by atoms with Crippen LogP contribution >= 0.6 is 0 Å². The van der Waals surface area contributed by atoms with Crippen LogP contribution in [-0.2, 0) is 13.6 Å². The van der Waals surface area contributed by atoms with Crippen LogP contribution in [0, 0.1) is 30.1 Å². The van der Waals surface area contributed by atoms with Gasteiger partial charge in [0, 0.05) is 6.42 Å². The van der Waals surface area contributed by atoms with Crippen molar-refractivity contribution >= 4 is 22.6 Å². The van der Waals surface area contributed by atoms with Crippen molar-refractivity contribution in [3.05, 3.63) is 24.3 Å². The van der Waals surface area contributed by atoms with Gasteiger partial charge in [-0.3, -0.25) is 4.79 Å². The van der Waals surface area contributed by atoms with Gasteiger partial charge in [-0.2, -0.15) is 0 Å². The summed E-state index contributed by atoms with van der Waals surface area (Å²) in [5.41, 5.74) is 0. The summed E-state index contributed by atoms with van der Waals surface area (Å²) >= 11 is 0. The molecular formula is C28H48O4Si2. The van der Waals surface area contributed by atoms with Crippen molar-refractivity contribution in [3.8, 4) is 24.2 Å². The number of terminal acetylenes is 1. The van der Waals surface area contributed by atoms with Gasteiger partial charge in [-0.15, -0.1) is 12.3 Å². The van der Waals surface area contributed by atoms with Crippen LogP contribution in [0.1, 0.15) is 67.7 Å².